The number of carbonyl (C=O) groups excluding carboxylic acids is 1. The molecule has 0 bridgehead atoms. The van der Waals surface area contributed by atoms with Gasteiger partial charge in [-0.2, -0.15) is 0 Å². The Morgan fingerprint density at radius 3 is 2.48 bits per heavy atom. The zero-order valence-electron chi connectivity index (χ0n) is 12.3. The van der Waals surface area contributed by atoms with Crippen molar-refractivity contribution in [3.63, 3.8) is 0 Å². The van der Waals surface area contributed by atoms with Gasteiger partial charge in [-0.3, -0.25) is 0 Å². The summed E-state index contributed by atoms with van der Waals surface area (Å²) in [5, 5.41) is 12.1. The maximum absolute atomic E-state index is 11.9. The molecule has 6 heteroatoms. The van der Waals surface area contributed by atoms with Crippen molar-refractivity contribution >= 4 is 29.9 Å². The van der Waals surface area contributed by atoms with Crippen LogP contribution in [0, 0.1) is 0 Å². The van der Waals surface area contributed by atoms with Crippen LogP contribution in [-0.2, 0) is 4.79 Å². The van der Waals surface area contributed by atoms with Crippen LogP contribution in [0.3, 0.4) is 0 Å². The van der Waals surface area contributed by atoms with Gasteiger partial charge in [0, 0.05) is 16.7 Å². The Balaban J connectivity index is 2.09. The van der Waals surface area contributed by atoms with Gasteiger partial charge in [-0.05, 0) is 42.0 Å². The normalized spacial score (nSPS) is 11.0. The van der Waals surface area contributed by atoms with Crippen molar-refractivity contribution in [3.05, 3.63) is 64.7 Å². The summed E-state index contributed by atoms with van der Waals surface area (Å²) < 4.78 is 10.4. The Labute approximate surface area is 138 Å². The van der Waals surface area contributed by atoms with E-state index in [0.717, 1.165) is 5.56 Å². The highest BCUT2D eigenvalue weighted by molar-refractivity contribution is 6.30. The summed E-state index contributed by atoms with van der Waals surface area (Å²) in [4.78, 5) is 11.9. The smallest absolute Gasteiger partial charge is 0.336 e. The number of hydrogen-bond donors (Lipinski definition) is 1. The second-order valence-electron chi connectivity index (χ2n) is 4.46. The fourth-order valence-electron chi connectivity index (χ4n) is 1.80. The standard InChI is InChI=1S/C17H14ClNO4/c1-22-16-10-13(11-19-21)4-8-15(16)23-17(20)9-5-12-2-6-14(18)7-3-12/h2-11,21H,1H3/b9-5?,19-11+. The van der Waals surface area contributed by atoms with Crippen molar-refractivity contribution in [1.29, 1.82) is 0 Å². The van der Waals surface area contributed by atoms with E-state index in [-0.39, 0.29) is 5.75 Å². The summed E-state index contributed by atoms with van der Waals surface area (Å²) in [6.07, 6.45) is 4.18. The van der Waals surface area contributed by atoms with E-state index in [1.165, 1.54) is 19.4 Å². The molecule has 0 atom stereocenters. The fraction of sp³-hybridized carbons (Fsp3) is 0.0588. The van der Waals surface area contributed by atoms with Gasteiger partial charge in [0.25, 0.3) is 0 Å². The van der Waals surface area contributed by atoms with E-state index in [1.54, 1.807) is 48.5 Å². The molecule has 0 fully saturated rings. The van der Waals surface area contributed by atoms with E-state index in [2.05, 4.69) is 5.16 Å². The Hall–Kier alpha value is -2.79. The first-order valence-corrected chi connectivity index (χ1v) is 7.01. The van der Waals surface area contributed by atoms with Crippen LogP contribution in [0.5, 0.6) is 11.5 Å². The van der Waals surface area contributed by atoms with Crippen molar-refractivity contribution in [3.8, 4) is 11.5 Å². The van der Waals surface area contributed by atoms with Gasteiger partial charge < -0.3 is 14.7 Å². The SMILES string of the molecule is COc1cc(/C=N/O)ccc1OC(=O)C=Cc1ccc(Cl)cc1. The number of esters is 1. The second kappa shape index (κ2) is 8.00. The summed E-state index contributed by atoms with van der Waals surface area (Å²) in [5.41, 5.74) is 1.44. The molecule has 0 radical (unpaired) electrons. The number of benzene rings is 2. The number of carbonyl (C=O) groups is 1. The van der Waals surface area contributed by atoms with Crippen LogP contribution in [-0.4, -0.2) is 24.5 Å². The van der Waals surface area contributed by atoms with Crippen LogP contribution in [0.1, 0.15) is 11.1 Å². The van der Waals surface area contributed by atoms with Gasteiger partial charge in [0.05, 0.1) is 13.3 Å². The molecule has 1 N–H and O–H groups in total. The van der Waals surface area contributed by atoms with E-state index in [1.807, 2.05) is 0 Å². The van der Waals surface area contributed by atoms with Crippen LogP contribution >= 0.6 is 11.6 Å². The number of methoxy groups -OCH3 is 1. The number of hydrogen-bond acceptors (Lipinski definition) is 5. The molecule has 0 aromatic heterocycles. The molecule has 2 aromatic rings. The van der Waals surface area contributed by atoms with E-state index < -0.39 is 5.97 Å². The third-order valence-electron chi connectivity index (χ3n) is 2.89. The molecular weight excluding hydrogens is 318 g/mol. The van der Waals surface area contributed by atoms with E-state index >= 15 is 0 Å². The van der Waals surface area contributed by atoms with Gasteiger partial charge in [0.2, 0.25) is 0 Å². The molecule has 0 unspecified atom stereocenters. The van der Waals surface area contributed by atoms with Crippen LogP contribution in [0.15, 0.2) is 53.7 Å². The molecule has 5 nitrogen and oxygen atoms in total. The number of halogens is 1. The van der Waals surface area contributed by atoms with E-state index in [9.17, 15) is 4.79 Å². The molecule has 0 aliphatic heterocycles. The summed E-state index contributed by atoms with van der Waals surface area (Å²) >= 11 is 5.80. The minimum Gasteiger partial charge on any atom is -0.493 e. The van der Waals surface area contributed by atoms with E-state index in [0.29, 0.717) is 16.3 Å². The molecule has 2 aromatic carbocycles. The highest BCUT2D eigenvalue weighted by atomic mass is 35.5. The van der Waals surface area contributed by atoms with Crippen molar-refractivity contribution in [1.82, 2.24) is 0 Å². The number of ether oxygens (including phenoxy) is 2. The molecule has 118 valence electrons. The second-order valence-corrected chi connectivity index (χ2v) is 4.90. The fourth-order valence-corrected chi connectivity index (χ4v) is 1.92. The molecule has 0 heterocycles. The largest absolute Gasteiger partial charge is 0.493 e. The predicted molar refractivity (Wildman–Crippen MR) is 88.5 cm³/mol. The predicted octanol–water partition coefficient (Wildman–Crippen LogP) is 3.78. The average Bonchev–Trinajstić information content (AvgIpc) is 2.56. The molecule has 0 saturated carbocycles. The maximum Gasteiger partial charge on any atom is 0.336 e. The molecular formula is C17H14ClNO4. The summed E-state index contributed by atoms with van der Waals surface area (Å²) in [6, 6.07) is 11.8. The Morgan fingerprint density at radius 1 is 1.13 bits per heavy atom. The molecule has 0 aliphatic rings. The third kappa shape index (κ3) is 4.86. The average molecular weight is 332 g/mol. The van der Waals surface area contributed by atoms with Gasteiger partial charge in [0.15, 0.2) is 11.5 Å². The third-order valence-corrected chi connectivity index (χ3v) is 3.14. The summed E-state index contributed by atoms with van der Waals surface area (Å²) in [7, 11) is 1.45. The highest BCUT2D eigenvalue weighted by Crippen LogP contribution is 2.27. The van der Waals surface area contributed by atoms with Gasteiger partial charge in [0.1, 0.15) is 0 Å². The lowest BCUT2D eigenvalue weighted by Gasteiger charge is -2.08. The first-order chi connectivity index (χ1) is 11.1. The zero-order valence-corrected chi connectivity index (χ0v) is 13.0. The summed E-state index contributed by atoms with van der Waals surface area (Å²) in [5.74, 6) is 0.0887. The molecule has 2 rings (SSSR count). The van der Waals surface area contributed by atoms with Crippen LogP contribution in [0.25, 0.3) is 6.08 Å². The lowest BCUT2D eigenvalue weighted by atomic mass is 10.2. The number of rotatable bonds is 5. The first kappa shape index (κ1) is 16.6. The lowest BCUT2D eigenvalue weighted by Crippen LogP contribution is -2.05. The van der Waals surface area contributed by atoms with E-state index in [4.69, 9.17) is 26.3 Å². The molecule has 0 aliphatic carbocycles. The van der Waals surface area contributed by atoms with Gasteiger partial charge in [-0.1, -0.05) is 28.9 Å². The van der Waals surface area contributed by atoms with Gasteiger partial charge in [-0.25, -0.2) is 4.79 Å². The Morgan fingerprint density at radius 2 is 1.83 bits per heavy atom. The van der Waals surface area contributed by atoms with Crippen molar-refractivity contribution < 1.29 is 19.5 Å². The topological polar surface area (TPSA) is 68.1 Å². The number of oxime groups is 1. The lowest BCUT2D eigenvalue weighted by molar-refractivity contribution is -0.129. The molecule has 0 amide bonds. The minimum atomic E-state index is -0.540. The number of nitrogens with zero attached hydrogens (tertiary/aromatic N) is 1. The molecule has 23 heavy (non-hydrogen) atoms. The zero-order chi connectivity index (χ0) is 16.7. The maximum atomic E-state index is 11.9. The van der Waals surface area contributed by atoms with Gasteiger partial charge >= 0.3 is 5.97 Å². The molecule has 0 spiro atoms. The highest BCUT2D eigenvalue weighted by Gasteiger charge is 2.08. The minimum absolute atomic E-state index is 0.272. The van der Waals surface area contributed by atoms with Crippen molar-refractivity contribution in [2.45, 2.75) is 0 Å². The van der Waals surface area contributed by atoms with Crippen molar-refractivity contribution in [2.75, 3.05) is 7.11 Å². The summed E-state index contributed by atoms with van der Waals surface area (Å²) in [6.45, 7) is 0. The van der Waals surface area contributed by atoms with Gasteiger partial charge in [-0.15, -0.1) is 0 Å². The Kier molecular flexibility index (Phi) is 5.77. The van der Waals surface area contributed by atoms with Crippen LogP contribution in [0.2, 0.25) is 5.02 Å². The monoisotopic (exact) mass is 331 g/mol. The first-order valence-electron chi connectivity index (χ1n) is 6.63. The molecule has 0 saturated heterocycles. The quantitative estimate of drug-likeness (QED) is 0.226. The van der Waals surface area contributed by atoms with Crippen LogP contribution < -0.4 is 9.47 Å². The van der Waals surface area contributed by atoms with Crippen LogP contribution in [0.4, 0.5) is 0 Å². The van der Waals surface area contributed by atoms with Crippen molar-refractivity contribution in [2.24, 2.45) is 5.16 Å². The Bertz CT molecular complexity index is 739.